The van der Waals surface area contributed by atoms with E-state index in [0.717, 1.165) is 30.7 Å². The number of nitrogens with zero attached hydrogens (tertiary/aromatic N) is 2. The van der Waals surface area contributed by atoms with Gasteiger partial charge in [-0.05, 0) is 37.1 Å². The highest BCUT2D eigenvalue weighted by molar-refractivity contribution is 5.67. The van der Waals surface area contributed by atoms with E-state index in [1.807, 2.05) is 24.3 Å². The van der Waals surface area contributed by atoms with Crippen LogP contribution in [-0.4, -0.2) is 48.6 Å². The molecule has 1 aliphatic heterocycles. The number of nitrogens with one attached hydrogen (secondary N) is 3. The molecule has 1 aromatic heterocycles. The Balaban J connectivity index is 1.45. The molecule has 142 valence electrons. The Kier molecular flexibility index (Phi) is 6.28. The molecule has 27 heavy (non-hydrogen) atoms. The number of aromatic amines is 1. The van der Waals surface area contributed by atoms with Gasteiger partial charge in [0.2, 0.25) is 0 Å². The number of aromatic nitrogens is 2. The average Bonchev–Trinajstić information content (AvgIpc) is 3.31. The Morgan fingerprint density at radius 1 is 1.41 bits per heavy atom. The molecule has 3 N–H and O–H groups in total. The minimum Gasteiger partial charge on any atom is -0.497 e. The number of benzene rings is 1. The lowest BCUT2D eigenvalue weighted by molar-refractivity contribution is 0.0901. The molecule has 0 saturated carbocycles. The summed E-state index contributed by atoms with van der Waals surface area (Å²) in [6.07, 6.45) is 2.92. The number of carbonyl (C=O) groups excluding carboxylic acids is 1. The molecule has 0 radical (unpaired) electrons. The van der Waals surface area contributed by atoms with Crippen molar-refractivity contribution in [2.75, 3.05) is 20.2 Å². The van der Waals surface area contributed by atoms with E-state index in [1.54, 1.807) is 7.11 Å². The molecular weight excluding hydrogens is 346 g/mol. The van der Waals surface area contributed by atoms with Crippen LogP contribution in [0.2, 0.25) is 0 Å². The van der Waals surface area contributed by atoms with Gasteiger partial charge in [0.15, 0.2) is 0 Å². The van der Waals surface area contributed by atoms with Crippen molar-refractivity contribution in [1.82, 2.24) is 20.8 Å². The summed E-state index contributed by atoms with van der Waals surface area (Å²) in [6.45, 7) is 1.19. The van der Waals surface area contributed by atoms with Gasteiger partial charge in [-0.15, -0.1) is 0 Å². The highest BCUT2D eigenvalue weighted by Gasteiger charge is 2.30. The van der Waals surface area contributed by atoms with Crippen LogP contribution in [0.15, 0.2) is 30.5 Å². The van der Waals surface area contributed by atoms with Crippen LogP contribution in [0.5, 0.6) is 5.75 Å². The van der Waals surface area contributed by atoms with Gasteiger partial charge in [-0.3, -0.25) is 5.10 Å². The quantitative estimate of drug-likeness (QED) is 0.682. The lowest BCUT2D eigenvalue weighted by Gasteiger charge is -2.20. The van der Waals surface area contributed by atoms with Gasteiger partial charge < -0.3 is 20.1 Å². The molecule has 2 heterocycles. The van der Waals surface area contributed by atoms with Gasteiger partial charge in [-0.2, -0.15) is 10.4 Å². The maximum atomic E-state index is 12.1. The molecule has 0 bridgehead atoms. The fraction of sp³-hybridized carbons (Fsp3) is 0.421. The van der Waals surface area contributed by atoms with Crippen LogP contribution >= 0.6 is 0 Å². The van der Waals surface area contributed by atoms with Crippen LogP contribution in [-0.2, 0) is 17.6 Å². The van der Waals surface area contributed by atoms with Gasteiger partial charge in [0.1, 0.15) is 17.9 Å². The van der Waals surface area contributed by atoms with Gasteiger partial charge >= 0.3 is 6.09 Å². The van der Waals surface area contributed by atoms with Crippen LogP contribution in [0.25, 0.3) is 0 Å². The van der Waals surface area contributed by atoms with Crippen molar-refractivity contribution in [3.63, 3.8) is 0 Å². The highest BCUT2D eigenvalue weighted by atomic mass is 16.6. The molecule has 3 rings (SSSR count). The maximum absolute atomic E-state index is 12.1. The van der Waals surface area contributed by atoms with Crippen molar-refractivity contribution in [2.24, 2.45) is 0 Å². The van der Waals surface area contributed by atoms with Crippen molar-refractivity contribution in [3.05, 3.63) is 47.3 Å². The number of nitriles is 1. The number of ether oxygens (including phenoxy) is 2. The van der Waals surface area contributed by atoms with Gasteiger partial charge in [-0.25, -0.2) is 4.79 Å². The smallest absolute Gasteiger partial charge is 0.407 e. The molecule has 8 nitrogen and oxygen atoms in total. The maximum Gasteiger partial charge on any atom is 0.407 e. The summed E-state index contributed by atoms with van der Waals surface area (Å²) in [5.41, 5.74) is 2.36. The Morgan fingerprint density at radius 2 is 2.22 bits per heavy atom. The van der Waals surface area contributed by atoms with E-state index in [2.05, 4.69) is 26.9 Å². The van der Waals surface area contributed by atoms with Crippen LogP contribution < -0.4 is 15.4 Å². The summed E-state index contributed by atoms with van der Waals surface area (Å²) in [6, 6.07) is 10.0. The zero-order valence-electron chi connectivity index (χ0n) is 15.2. The lowest BCUT2D eigenvalue weighted by Crippen LogP contribution is -2.38. The molecule has 1 aromatic carbocycles. The van der Waals surface area contributed by atoms with Crippen LogP contribution in [0.3, 0.4) is 0 Å². The molecule has 1 amide bonds. The number of amides is 1. The van der Waals surface area contributed by atoms with E-state index in [9.17, 15) is 4.79 Å². The Bertz CT molecular complexity index is 796. The minimum absolute atomic E-state index is 0.0851. The van der Waals surface area contributed by atoms with E-state index >= 15 is 0 Å². The van der Waals surface area contributed by atoms with Crippen LogP contribution in [0.4, 0.5) is 4.79 Å². The Hall–Kier alpha value is -3.05. The average molecular weight is 369 g/mol. The monoisotopic (exact) mass is 369 g/mol. The third kappa shape index (κ3) is 4.99. The summed E-state index contributed by atoms with van der Waals surface area (Å²) < 4.78 is 10.8. The Labute approximate surface area is 157 Å². The molecule has 8 heteroatoms. The first-order valence-electron chi connectivity index (χ1n) is 8.92. The predicted octanol–water partition coefficient (Wildman–Crippen LogP) is 1.53. The van der Waals surface area contributed by atoms with Gasteiger partial charge in [0.25, 0.3) is 0 Å². The zero-order valence-corrected chi connectivity index (χ0v) is 15.2. The molecule has 1 aliphatic rings. The molecule has 2 unspecified atom stereocenters. The van der Waals surface area contributed by atoms with Gasteiger partial charge in [0.05, 0.1) is 24.6 Å². The summed E-state index contributed by atoms with van der Waals surface area (Å²) in [5, 5.41) is 21.7. The standard InChI is InChI=1S/C19H23N5O3/c1-26-15-4-2-13(3-5-15)10-17-18(7-9-21-17)27-19(25)22-8-6-16-14(11-20)12-23-24-16/h2-5,12,17-18,21H,6-10H2,1H3,(H,22,25)(H,23,24). The molecule has 2 aromatic rings. The number of hydrogen-bond donors (Lipinski definition) is 3. The lowest BCUT2D eigenvalue weighted by atomic mass is 10.0. The van der Waals surface area contributed by atoms with E-state index in [-0.39, 0.29) is 12.1 Å². The number of H-pyrrole nitrogens is 1. The van der Waals surface area contributed by atoms with Crippen LogP contribution in [0.1, 0.15) is 23.2 Å². The van der Waals surface area contributed by atoms with Crippen molar-refractivity contribution in [3.8, 4) is 11.8 Å². The van der Waals surface area contributed by atoms with Crippen molar-refractivity contribution >= 4 is 6.09 Å². The summed E-state index contributed by atoms with van der Waals surface area (Å²) in [4.78, 5) is 12.1. The third-order valence-corrected chi connectivity index (χ3v) is 4.64. The van der Waals surface area contributed by atoms with E-state index in [1.165, 1.54) is 6.20 Å². The SMILES string of the molecule is COc1ccc(CC2NCCC2OC(=O)NCCc2[nH]ncc2C#N)cc1. The topological polar surface area (TPSA) is 112 Å². The fourth-order valence-corrected chi connectivity index (χ4v) is 3.17. The summed E-state index contributed by atoms with van der Waals surface area (Å²) in [5.74, 6) is 0.821. The first-order chi connectivity index (χ1) is 13.2. The number of alkyl carbamates (subject to hydrolysis) is 1. The van der Waals surface area contributed by atoms with Crippen molar-refractivity contribution in [2.45, 2.75) is 31.4 Å². The number of methoxy groups -OCH3 is 1. The molecule has 1 saturated heterocycles. The third-order valence-electron chi connectivity index (χ3n) is 4.64. The number of hydrogen-bond acceptors (Lipinski definition) is 6. The van der Waals surface area contributed by atoms with E-state index in [0.29, 0.717) is 24.2 Å². The first kappa shape index (κ1) is 18.7. The molecule has 0 spiro atoms. The zero-order chi connectivity index (χ0) is 19.1. The number of carbonyl (C=O) groups is 1. The van der Waals surface area contributed by atoms with E-state index < -0.39 is 6.09 Å². The second-order valence-electron chi connectivity index (χ2n) is 6.40. The normalized spacial score (nSPS) is 18.7. The van der Waals surface area contributed by atoms with Crippen LogP contribution in [0, 0.1) is 11.3 Å². The predicted molar refractivity (Wildman–Crippen MR) is 98.4 cm³/mol. The largest absolute Gasteiger partial charge is 0.497 e. The molecule has 1 fully saturated rings. The highest BCUT2D eigenvalue weighted by Crippen LogP contribution is 2.18. The number of rotatable bonds is 7. The van der Waals surface area contributed by atoms with Crippen molar-refractivity contribution < 1.29 is 14.3 Å². The molecular formula is C19H23N5O3. The fourth-order valence-electron chi connectivity index (χ4n) is 3.17. The van der Waals surface area contributed by atoms with Gasteiger partial charge in [-0.1, -0.05) is 12.1 Å². The minimum atomic E-state index is -0.443. The Morgan fingerprint density at radius 3 is 2.96 bits per heavy atom. The first-order valence-corrected chi connectivity index (χ1v) is 8.92. The summed E-state index contributed by atoms with van der Waals surface area (Å²) in [7, 11) is 1.64. The van der Waals surface area contributed by atoms with Gasteiger partial charge in [0, 0.05) is 19.0 Å². The second kappa shape index (κ2) is 9.05. The van der Waals surface area contributed by atoms with Crippen molar-refractivity contribution in [1.29, 1.82) is 5.26 Å². The second-order valence-corrected chi connectivity index (χ2v) is 6.40. The molecule has 2 atom stereocenters. The summed E-state index contributed by atoms with van der Waals surface area (Å²) >= 11 is 0. The molecule has 0 aliphatic carbocycles. The van der Waals surface area contributed by atoms with E-state index in [4.69, 9.17) is 14.7 Å².